The number of halogens is 1. The molecule has 0 unspecified atom stereocenters. The molecule has 1 aromatic carbocycles. The highest BCUT2D eigenvalue weighted by Crippen LogP contribution is 2.26. The summed E-state index contributed by atoms with van der Waals surface area (Å²) in [6.45, 7) is 3.73. The van der Waals surface area contributed by atoms with Crippen LogP contribution in [0.4, 0.5) is 0 Å². The Hall–Kier alpha value is -1.93. The summed E-state index contributed by atoms with van der Waals surface area (Å²) in [6.07, 6.45) is 0. The maximum absolute atomic E-state index is 8.85. The van der Waals surface area contributed by atoms with Crippen molar-refractivity contribution < 1.29 is 4.74 Å². The van der Waals surface area contributed by atoms with Crippen LogP contribution in [0.1, 0.15) is 17.0 Å². The Morgan fingerprint density at radius 1 is 1.22 bits per heavy atom. The molecule has 4 nitrogen and oxygen atoms in total. The first-order chi connectivity index (χ1) is 8.58. The van der Waals surface area contributed by atoms with Gasteiger partial charge in [-0.2, -0.15) is 10.2 Å². The van der Waals surface area contributed by atoms with E-state index >= 15 is 0 Å². The van der Waals surface area contributed by atoms with Crippen LogP contribution in [0, 0.1) is 25.2 Å². The van der Waals surface area contributed by atoms with Gasteiger partial charge in [0, 0.05) is 10.2 Å². The van der Waals surface area contributed by atoms with Crippen LogP contribution in [0.5, 0.6) is 11.8 Å². The molecule has 0 saturated carbocycles. The Bertz CT molecular complexity index is 635. The highest BCUT2D eigenvalue weighted by Gasteiger charge is 2.07. The first-order valence-corrected chi connectivity index (χ1v) is 6.07. The first kappa shape index (κ1) is 12.5. The van der Waals surface area contributed by atoms with Gasteiger partial charge in [-0.3, -0.25) is 0 Å². The van der Waals surface area contributed by atoms with Crippen molar-refractivity contribution in [1.29, 1.82) is 5.26 Å². The molecule has 0 atom stereocenters. The number of hydrogen-bond donors (Lipinski definition) is 0. The highest BCUT2D eigenvalue weighted by atomic mass is 79.9. The Labute approximate surface area is 113 Å². The number of aromatic nitrogens is 2. The van der Waals surface area contributed by atoms with Gasteiger partial charge in [0.05, 0.1) is 0 Å². The smallest absolute Gasteiger partial charge is 0.323 e. The zero-order valence-electron chi connectivity index (χ0n) is 9.94. The number of hydrogen-bond acceptors (Lipinski definition) is 4. The molecule has 0 aliphatic heterocycles. The summed E-state index contributed by atoms with van der Waals surface area (Å²) in [5, 5.41) is 8.85. The molecule has 0 N–H and O–H groups in total. The molecule has 1 aromatic heterocycles. The van der Waals surface area contributed by atoms with Crippen LogP contribution in [0.3, 0.4) is 0 Å². The monoisotopic (exact) mass is 303 g/mol. The standard InChI is InChI=1S/C13H10BrN3O/c1-8-3-4-10(14)6-12(8)18-13-16-9(2)5-11(7-15)17-13/h3-6H,1-2H3. The SMILES string of the molecule is Cc1cc(C#N)nc(Oc2cc(Br)ccc2C)n1. The van der Waals surface area contributed by atoms with Gasteiger partial charge >= 0.3 is 6.01 Å². The molecule has 2 aromatic rings. The van der Waals surface area contributed by atoms with Crippen molar-refractivity contribution in [2.45, 2.75) is 13.8 Å². The molecule has 0 spiro atoms. The van der Waals surface area contributed by atoms with Crippen molar-refractivity contribution in [3.05, 3.63) is 45.7 Å². The molecule has 18 heavy (non-hydrogen) atoms. The summed E-state index contributed by atoms with van der Waals surface area (Å²) in [6, 6.07) is 9.48. The Balaban J connectivity index is 2.37. The lowest BCUT2D eigenvalue weighted by atomic mass is 10.2. The van der Waals surface area contributed by atoms with E-state index in [0.29, 0.717) is 17.1 Å². The van der Waals surface area contributed by atoms with E-state index in [1.165, 1.54) is 0 Å². The quantitative estimate of drug-likeness (QED) is 0.851. The van der Waals surface area contributed by atoms with Crippen molar-refractivity contribution in [1.82, 2.24) is 9.97 Å². The van der Waals surface area contributed by atoms with E-state index in [9.17, 15) is 0 Å². The molecule has 0 bridgehead atoms. The topological polar surface area (TPSA) is 58.8 Å². The molecule has 90 valence electrons. The number of aryl methyl sites for hydroxylation is 2. The van der Waals surface area contributed by atoms with Gasteiger partial charge in [0.1, 0.15) is 17.5 Å². The summed E-state index contributed by atoms with van der Waals surface area (Å²) in [5.74, 6) is 0.666. The lowest BCUT2D eigenvalue weighted by molar-refractivity contribution is 0.436. The summed E-state index contributed by atoms with van der Waals surface area (Å²) in [4.78, 5) is 8.16. The van der Waals surface area contributed by atoms with Crippen molar-refractivity contribution in [2.75, 3.05) is 0 Å². The van der Waals surface area contributed by atoms with Crippen LogP contribution < -0.4 is 4.74 Å². The zero-order valence-corrected chi connectivity index (χ0v) is 11.5. The molecule has 1 heterocycles. The third-order valence-electron chi connectivity index (χ3n) is 2.30. The third-order valence-corrected chi connectivity index (χ3v) is 2.79. The third kappa shape index (κ3) is 2.84. The van der Waals surface area contributed by atoms with Gasteiger partial charge in [0.15, 0.2) is 0 Å². The van der Waals surface area contributed by atoms with Gasteiger partial charge in [0.2, 0.25) is 0 Å². The van der Waals surface area contributed by atoms with Gasteiger partial charge in [-0.15, -0.1) is 0 Å². The van der Waals surface area contributed by atoms with Crippen molar-refractivity contribution >= 4 is 15.9 Å². The molecule has 2 rings (SSSR count). The van der Waals surface area contributed by atoms with E-state index in [1.807, 2.05) is 31.2 Å². The molecule has 0 radical (unpaired) electrons. The number of benzene rings is 1. The minimum atomic E-state index is 0.188. The number of rotatable bonds is 2. The molecule has 5 heteroatoms. The summed E-state index contributed by atoms with van der Waals surface area (Å²) < 4.78 is 6.52. The van der Waals surface area contributed by atoms with Gasteiger partial charge < -0.3 is 4.74 Å². The number of nitrogens with zero attached hydrogens (tertiary/aromatic N) is 3. The lowest BCUT2D eigenvalue weighted by Gasteiger charge is -2.08. The number of nitriles is 1. The van der Waals surface area contributed by atoms with E-state index < -0.39 is 0 Å². The predicted molar refractivity (Wildman–Crippen MR) is 70.4 cm³/mol. The molecule has 0 aliphatic carbocycles. The summed E-state index contributed by atoms with van der Waals surface area (Å²) >= 11 is 3.38. The van der Waals surface area contributed by atoms with Gasteiger partial charge in [-0.1, -0.05) is 22.0 Å². The Kier molecular flexibility index (Phi) is 3.58. The molecular formula is C13H10BrN3O. The fourth-order valence-electron chi connectivity index (χ4n) is 1.43. The van der Waals surface area contributed by atoms with Crippen molar-refractivity contribution in [2.24, 2.45) is 0 Å². The minimum Gasteiger partial charge on any atom is -0.424 e. The lowest BCUT2D eigenvalue weighted by Crippen LogP contribution is -1.97. The average molecular weight is 304 g/mol. The van der Waals surface area contributed by atoms with Crippen molar-refractivity contribution in [3.63, 3.8) is 0 Å². The fourth-order valence-corrected chi connectivity index (χ4v) is 1.77. The fraction of sp³-hybridized carbons (Fsp3) is 0.154. The second kappa shape index (κ2) is 5.15. The van der Waals surface area contributed by atoms with Crippen LogP contribution in [0.2, 0.25) is 0 Å². The minimum absolute atomic E-state index is 0.188. The molecule has 0 fully saturated rings. The van der Waals surface area contributed by atoms with Gasteiger partial charge in [0.25, 0.3) is 0 Å². The molecule has 0 aliphatic rings. The van der Waals surface area contributed by atoms with E-state index in [0.717, 1.165) is 10.0 Å². The highest BCUT2D eigenvalue weighted by molar-refractivity contribution is 9.10. The van der Waals surface area contributed by atoms with Crippen LogP contribution in [0.15, 0.2) is 28.7 Å². The first-order valence-electron chi connectivity index (χ1n) is 5.28. The molecular weight excluding hydrogens is 294 g/mol. The van der Waals surface area contributed by atoms with E-state index in [2.05, 4.69) is 25.9 Å². The number of ether oxygens (including phenoxy) is 1. The van der Waals surface area contributed by atoms with Crippen LogP contribution in [-0.2, 0) is 0 Å². The van der Waals surface area contributed by atoms with Crippen LogP contribution in [-0.4, -0.2) is 9.97 Å². The average Bonchev–Trinajstić information content (AvgIpc) is 2.33. The van der Waals surface area contributed by atoms with E-state index in [4.69, 9.17) is 10.00 Å². The van der Waals surface area contributed by atoms with Crippen LogP contribution in [0.25, 0.3) is 0 Å². The second-order valence-electron chi connectivity index (χ2n) is 3.80. The summed E-state index contributed by atoms with van der Waals surface area (Å²) in [5.41, 5.74) is 1.97. The van der Waals surface area contributed by atoms with Crippen LogP contribution >= 0.6 is 15.9 Å². The maximum Gasteiger partial charge on any atom is 0.323 e. The molecule has 0 saturated heterocycles. The van der Waals surface area contributed by atoms with Gasteiger partial charge in [-0.25, -0.2) is 4.98 Å². The zero-order chi connectivity index (χ0) is 13.1. The van der Waals surface area contributed by atoms with Gasteiger partial charge in [-0.05, 0) is 37.6 Å². The van der Waals surface area contributed by atoms with Crippen molar-refractivity contribution in [3.8, 4) is 17.8 Å². The predicted octanol–water partition coefficient (Wildman–Crippen LogP) is 3.52. The second-order valence-corrected chi connectivity index (χ2v) is 4.72. The normalized spacial score (nSPS) is 9.89. The Morgan fingerprint density at radius 3 is 2.72 bits per heavy atom. The Morgan fingerprint density at radius 2 is 2.00 bits per heavy atom. The molecule has 0 amide bonds. The van der Waals surface area contributed by atoms with E-state index in [1.54, 1.807) is 13.0 Å². The van der Waals surface area contributed by atoms with E-state index in [-0.39, 0.29) is 6.01 Å². The maximum atomic E-state index is 8.85. The largest absolute Gasteiger partial charge is 0.424 e. The summed E-state index contributed by atoms with van der Waals surface area (Å²) in [7, 11) is 0.